The summed E-state index contributed by atoms with van der Waals surface area (Å²) in [5.74, 6) is 0.257. The van der Waals surface area contributed by atoms with Gasteiger partial charge in [-0.1, -0.05) is 18.2 Å². The highest BCUT2D eigenvalue weighted by molar-refractivity contribution is 6.05. The minimum absolute atomic E-state index is 0.0831. The Bertz CT molecular complexity index is 909. The van der Waals surface area contributed by atoms with Crippen molar-refractivity contribution in [2.24, 2.45) is 0 Å². The SMILES string of the molecule is Cc1ccccc1C(=O)N/C(=C\c1ccco1)C(=O)NCc1ccco1. The monoisotopic (exact) mass is 350 g/mol. The molecule has 1 aromatic carbocycles. The van der Waals surface area contributed by atoms with Gasteiger partial charge >= 0.3 is 0 Å². The molecule has 0 atom stereocenters. The largest absolute Gasteiger partial charge is 0.467 e. The van der Waals surface area contributed by atoms with E-state index in [9.17, 15) is 9.59 Å². The van der Waals surface area contributed by atoms with E-state index in [1.54, 1.807) is 36.4 Å². The molecule has 6 nitrogen and oxygen atoms in total. The Hall–Kier alpha value is -3.54. The normalized spacial score (nSPS) is 11.2. The zero-order chi connectivity index (χ0) is 18.4. The van der Waals surface area contributed by atoms with Crippen LogP contribution in [0.2, 0.25) is 0 Å². The zero-order valence-electron chi connectivity index (χ0n) is 14.2. The van der Waals surface area contributed by atoms with Gasteiger partial charge in [-0.05, 0) is 42.8 Å². The highest BCUT2D eigenvalue weighted by atomic mass is 16.3. The lowest BCUT2D eigenvalue weighted by Gasteiger charge is -2.11. The van der Waals surface area contributed by atoms with Gasteiger partial charge in [0, 0.05) is 11.6 Å². The average Bonchev–Trinajstić information content (AvgIpc) is 3.33. The van der Waals surface area contributed by atoms with Crippen LogP contribution in [-0.2, 0) is 11.3 Å². The van der Waals surface area contributed by atoms with Crippen LogP contribution in [0, 0.1) is 6.92 Å². The van der Waals surface area contributed by atoms with Crippen molar-refractivity contribution in [2.75, 3.05) is 0 Å². The zero-order valence-corrected chi connectivity index (χ0v) is 14.2. The molecule has 0 fully saturated rings. The second kappa shape index (κ2) is 8.02. The minimum atomic E-state index is -0.445. The van der Waals surface area contributed by atoms with E-state index in [-0.39, 0.29) is 18.1 Å². The van der Waals surface area contributed by atoms with Crippen molar-refractivity contribution in [1.29, 1.82) is 0 Å². The van der Waals surface area contributed by atoms with Crippen molar-refractivity contribution in [3.63, 3.8) is 0 Å². The molecular formula is C20H18N2O4. The molecule has 0 bridgehead atoms. The molecule has 6 heteroatoms. The summed E-state index contributed by atoms with van der Waals surface area (Å²) in [5.41, 5.74) is 1.40. The van der Waals surface area contributed by atoms with Crippen molar-refractivity contribution in [1.82, 2.24) is 10.6 Å². The third-order valence-electron chi connectivity index (χ3n) is 3.72. The molecule has 2 N–H and O–H groups in total. The number of furan rings is 2. The van der Waals surface area contributed by atoms with Gasteiger partial charge in [-0.15, -0.1) is 0 Å². The predicted molar refractivity (Wildman–Crippen MR) is 95.9 cm³/mol. The first-order valence-electron chi connectivity index (χ1n) is 8.06. The number of carbonyl (C=O) groups excluding carboxylic acids is 2. The van der Waals surface area contributed by atoms with Gasteiger partial charge in [-0.3, -0.25) is 9.59 Å². The first-order valence-corrected chi connectivity index (χ1v) is 8.06. The first-order chi connectivity index (χ1) is 12.6. The molecule has 0 unspecified atom stereocenters. The number of amides is 2. The molecule has 132 valence electrons. The quantitative estimate of drug-likeness (QED) is 0.668. The van der Waals surface area contributed by atoms with Crippen molar-refractivity contribution in [3.05, 3.63) is 89.4 Å². The standard InChI is InChI=1S/C20H18N2O4/c1-14-6-2-3-9-17(14)19(23)22-18(12-15-7-4-10-25-15)20(24)21-13-16-8-5-11-26-16/h2-12H,13H2,1H3,(H,21,24)(H,22,23)/b18-12-. The maximum absolute atomic E-state index is 12.6. The predicted octanol–water partition coefficient (Wildman–Crippen LogP) is 3.27. The van der Waals surface area contributed by atoms with Crippen LogP contribution in [0.15, 0.2) is 75.6 Å². The van der Waals surface area contributed by atoms with Crippen LogP contribution in [0.1, 0.15) is 27.4 Å². The van der Waals surface area contributed by atoms with Crippen molar-refractivity contribution < 1.29 is 18.4 Å². The van der Waals surface area contributed by atoms with Gasteiger partial charge in [0.1, 0.15) is 17.2 Å². The third-order valence-corrected chi connectivity index (χ3v) is 3.72. The van der Waals surface area contributed by atoms with E-state index in [0.29, 0.717) is 17.1 Å². The number of rotatable bonds is 6. The molecule has 0 aliphatic heterocycles. The van der Waals surface area contributed by atoms with E-state index in [0.717, 1.165) is 5.56 Å². The molecule has 2 aromatic heterocycles. The fourth-order valence-corrected chi connectivity index (χ4v) is 2.37. The summed E-state index contributed by atoms with van der Waals surface area (Å²) in [4.78, 5) is 25.1. The third kappa shape index (κ3) is 4.30. The lowest BCUT2D eigenvalue weighted by atomic mass is 10.1. The molecular weight excluding hydrogens is 332 g/mol. The molecule has 3 aromatic rings. The average molecular weight is 350 g/mol. The van der Waals surface area contributed by atoms with Crippen LogP contribution in [-0.4, -0.2) is 11.8 Å². The van der Waals surface area contributed by atoms with Crippen LogP contribution in [0.5, 0.6) is 0 Å². The molecule has 0 saturated heterocycles. The Labute approximate surface area is 150 Å². The Morgan fingerprint density at radius 3 is 2.46 bits per heavy atom. The van der Waals surface area contributed by atoms with Crippen LogP contribution >= 0.6 is 0 Å². The lowest BCUT2D eigenvalue weighted by molar-refractivity contribution is -0.118. The number of aryl methyl sites for hydroxylation is 1. The number of carbonyl (C=O) groups is 2. The fourth-order valence-electron chi connectivity index (χ4n) is 2.37. The fraction of sp³-hybridized carbons (Fsp3) is 0.100. The van der Waals surface area contributed by atoms with Crippen LogP contribution in [0.4, 0.5) is 0 Å². The highest BCUT2D eigenvalue weighted by Gasteiger charge is 2.16. The molecule has 26 heavy (non-hydrogen) atoms. The Morgan fingerprint density at radius 2 is 1.77 bits per heavy atom. The number of hydrogen-bond acceptors (Lipinski definition) is 4. The van der Waals surface area contributed by atoms with Crippen LogP contribution in [0.25, 0.3) is 6.08 Å². The van der Waals surface area contributed by atoms with E-state index in [2.05, 4.69) is 10.6 Å². The van der Waals surface area contributed by atoms with Crippen molar-refractivity contribution in [3.8, 4) is 0 Å². The number of benzene rings is 1. The van der Waals surface area contributed by atoms with E-state index in [1.807, 2.05) is 19.1 Å². The van der Waals surface area contributed by atoms with Gasteiger partial charge in [0.05, 0.1) is 19.1 Å². The van der Waals surface area contributed by atoms with Gasteiger partial charge < -0.3 is 19.5 Å². The number of hydrogen-bond donors (Lipinski definition) is 2. The Morgan fingerprint density at radius 1 is 1.00 bits per heavy atom. The van der Waals surface area contributed by atoms with Crippen molar-refractivity contribution in [2.45, 2.75) is 13.5 Å². The van der Waals surface area contributed by atoms with E-state index < -0.39 is 5.91 Å². The summed E-state index contributed by atoms with van der Waals surface area (Å²) in [5, 5.41) is 5.37. The van der Waals surface area contributed by atoms with E-state index >= 15 is 0 Å². The molecule has 0 saturated carbocycles. The summed E-state index contributed by atoms with van der Waals surface area (Å²) in [6.07, 6.45) is 4.50. The summed E-state index contributed by atoms with van der Waals surface area (Å²) in [6, 6.07) is 14.0. The summed E-state index contributed by atoms with van der Waals surface area (Å²) < 4.78 is 10.4. The van der Waals surface area contributed by atoms with Crippen molar-refractivity contribution >= 4 is 17.9 Å². The second-order valence-corrected chi connectivity index (χ2v) is 5.60. The molecule has 0 aliphatic carbocycles. The van der Waals surface area contributed by atoms with Gasteiger partial charge in [0.15, 0.2) is 0 Å². The van der Waals surface area contributed by atoms with E-state index in [1.165, 1.54) is 18.6 Å². The molecule has 0 spiro atoms. The first kappa shape index (κ1) is 17.3. The molecule has 0 radical (unpaired) electrons. The molecule has 2 heterocycles. The molecule has 2 amide bonds. The molecule has 0 aliphatic rings. The van der Waals surface area contributed by atoms with Gasteiger partial charge in [0.25, 0.3) is 11.8 Å². The minimum Gasteiger partial charge on any atom is -0.467 e. The van der Waals surface area contributed by atoms with Gasteiger partial charge in [-0.2, -0.15) is 0 Å². The second-order valence-electron chi connectivity index (χ2n) is 5.60. The Balaban J connectivity index is 1.78. The maximum atomic E-state index is 12.6. The lowest BCUT2D eigenvalue weighted by Crippen LogP contribution is -2.34. The van der Waals surface area contributed by atoms with E-state index in [4.69, 9.17) is 8.83 Å². The summed E-state index contributed by atoms with van der Waals surface area (Å²) >= 11 is 0. The number of nitrogens with one attached hydrogen (secondary N) is 2. The Kier molecular flexibility index (Phi) is 5.34. The van der Waals surface area contributed by atoms with Gasteiger partial charge in [0.2, 0.25) is 0 Å². The molecule has 3 rings (SSSR count). The maximum Gasteiger partial charge on any atom is 0.268 e. The highest BCUT2D eigenvalue weighted by Crippen LogP contribution is 2.10. The smallest absolute Gasteiger partial charge is 0.268 e. The summed E-state index contributed by atoms with van der Waals surface area (Å²) in [7, 11) is 0. The summed E-state index contributed by atoms with van der Waals surface area (Å²) in [6.45, 7) is 2.05. The van der Waals surface area contributed by atoms with Gasteiger partial charge in [-0.25, -0.2) is 0 Å². The van der Waals surface area contributed by atoms with Crippen LogP contribution in [0.3, 0.4) is 0 Å². The topological polar surface area (TPSA) is 84.5 Å². The van der Waals surface area contributed by atoms with Crippen LogP contribution < -0.4 is 10.6 Å².